The smallest absolute Gasteiger partial charge is 0.337 e. The van der Waals surface area contributed by atoms with Gasteiger partial charge in [0.1, 0.15) is 24.4 Å². The Morgan fingerprint density at radius 3 is 2.52 bits per heavy atom. The lowest BCUT2D eigenvalue weighted by Crippen LogP contribution is -2.60. The van der Waals surface area contributed by atoms with E-state index in [-0.39, 0.29) is 11.8 Å². The summed E-state index contributed by atoms with van der Waals surface area (Å²) in [5.74, 6) is -1.63. The van der Waals surface area contributed by atoms with E-state index in [1.807, 2.05) is 0 Å². The number of rotatable bonds is 4. The molecule has 0 radical (unpaired) electrons. The van der Waals surface area contributed by atoms with Crippen molar-refractivity contribution in [3.63, 3.8) is 0 Å². The number of hydrogen-bond donors (Lipinski definition) is 5. The Bertz CT molecular complexity index is 578. The largest absolute Gasteiger partial charge is 0.472 e. The topological polar surface area (TPSA) is 155 Å². The number of esters is 1. The molecule has 3 rings (SSSR count). The van der Waals surface area contributed by atoms with E-state index in [1.165, 1.54) is 13.4 Å². The van der Waals surface area contributed by atoms with Gasteiger partial charge in [-0.3, -0.25) is 0 Å². The monoisotopic (exact) mass is 390 g/mol. The fraction of sp³-hybridized carbons (Fsp3) is 0.824. The van der Waals surface area contributed by atoms with Gasteiger partial charge >= 0.3 is 5.97 Å². The van der Waals surface area contributed by atoms with Crippen molar-refractivity contribution in [1.82, 2.24) is 0 Å². The molecule has 1 saturated heterocycles. The van der Waals surface area contributed by atoms with Gasteiger partial charge in [-0.2, -0.15) is 0 Å². The standard InChI is InChI=1S/C17H26O10/c1-6-9(19)3-7-8(15(23)24-2)5-25-16(11(6)7)27-17-14(22)13(21)12(20)10(4-18)26-17/h5-7,9-14,16-22H,3-4H2,1-2H3/t6-,7+,9+,10-,11-,12-,13+,14-,16+,17-/m1/s1. The molecule has 154 valence electrons. The molecule has 2 aliphatic heterocycles. The predicted molar refractivity (Wildman–Crippen MR) is 86.6 cm³/mol. The van der Waals surface area contributed by atoms with Crippen LogP contribution in [0, 0.1) is 17.8 Å². The van der Waals surface area contributed by atoms with Gasteiger partial charge in [0.25, 0.3) is 0 Å². The van der Waals surface area contributed by atoms with Gasteiger partial charge in [0.15, 0.2) is 6.29 Å². The zero-order valence-electron chi connectivity index (χ0n) is 15.0. The lowest BCUT2D eigenvalue weighted by Gasteiger charge is -2.43. The Balaban J connectivity index is 1.80. The average Bonchev–Trinajstić information content (AvgIpc) is 2.96. The number of carbonyl (C=O) groups is 1. The van der Waals surface area contributed by atoms with Crippen LogP contribution in [-0.2, 0) is 23.7 Å². The Morgan fingerprint density at radius 2 is 1.89 bits per heavy atom. The maximum Gasteiger partial charge on any atom is 0.337 e. The lowest BCUT2D eigenvalue weighted by atomic mass is 9.83. The molecule has 0 amide bonds. The molecule has 10 nitrogen and oxygen atoms in total. The van der Waals surface area contributed by atoms with E-state index < -0.39 is 61.6 Å². The van der Waals surface area contributed by atoms with Crippen molar-refractivity contribution in [2.24, 2.45) is 17.8 Å². The third-order valence-corrected chi connectivity index (χ3v) is 5.75. The minimum Gasteiger partial charge on any atom is -0.472 e. The molecule has 0 spiro atoms. The molecular formula is C17H26O10. The van der Waals surface area contributed by atoms with Crippen LogP contribution in [0.2, 0.25) is 0 Å². The summed E-state index contributed by atoms with van der Waals surface area (Å²) in [7, 11) is 1.25. The number of aliphatic hydroxyl groups excluding tert-OH is 5. The highest BCUT2D eigenvalue weighted by atomic mass is 16.8. The van der Waals surface area contributed by atoms with Gasteiger partial charge in [-0.15, -0.1) is 0 Å². The Hall–Kier alpha value is -1.27. The molecule has 0 aromatic rings. The summed E-state index contributed by atoms with van der Waals surface area (Å²) in [5.41, 5.74) is 0.291. The lowest BCUT2D eigenvalue weighted by molar-refractivity contribution is -0.342. The van der Waals surface area contributed by atoms with E-state index >= 15 is 0 Å². The van der Waals surface area contributed by atoms with Crippen LogP contribution in [0.4, 0.5) is 0 Å². The van der Waals surface area contributed by atoms with E-state index in [4.69, 9.17) is 18.9 Å². The fourth-order valence-corrected chi connectivity index (χ4v) is 4.10. The molecule has 2 heterocycles. The summed E-state index contributed by atoms with van der Waals surface area (Å²) < 4.78 is 21.4. The van der Waals surface area contributed by atoms with E-state index in [0.717, 1.165) is 0 Å². The molecule has 0 bridgehead atoms. The first-order valence-corrected chi connectivity index (χ1v) is 8.88. The number of fused-ring (bicyclic) bond motifs is 1. The number of ether oxygens (including phenoxy) is 4. The minimum atomic E-state index is -1.58. The van der Waals surface area contributed by atoms with Crippen LogP contribution in [0.1, 0.15) is 13.3 Å². The summed E-state index contributed by atoms with van der Waals surface area (Å²) in [6, 6.07) is 0. The molecular weight excluding hydrogens is 364 g/mol. The molecule has 10 heteroatoms. The van der Waals surface area contributed by atoms with Crippen molar-refractivity contribution >= 4 is 5.97 Å². The summed E-state index contributed by atoms with van der Waals surface area (Å²) in [5, 5.41) is 49.4. The average molecular weight is 390 g/mol. The third kappa shape index (κ3) is 3.58. The molecule has 0 aromatic heterocycles. The zero-order chi connectivity index (χ0) is 19.9. The second-order valence-electron chi connectivity index (χ2n) is 7.25. The molecule has 1 saturated carbocycles. The van der Waals surface area contributed by atoms with E-state index in [2.05, 4.69) is 0 Å². The first-order chi connectivity index (χ1) is 12.8. The van der Waals surface area contributed by atoms with Crippen LogP contribution in [0.25, 0.3) is 0 Å². The van der Waals surface area contributed by atoms with E-state index in [0.29, 0.717) is 12.0 Å². The van der Waals surface area contributed by atoms with Gasteiger partial charge in [-0.25, -0.2) is 4.79 Å². The van der Waals surface area contributed by atoms with E-state index in [9.17, 15) is 30.3 Å². The van der Waals surface area contributed by atoms with Crippen LogP contribution >= 0.6 is 0 Å². The van der Waals surface area contributed by atoms with Crippen molar-refractivity contribution in [2.45, 2.75) is 56.4 Å². The van der Waals surface area contributed by atoms with Crippen molar-refractivity contribution in [1.29, 1.82) is 0 Å². The van der Waals surface area contributed by atoms with Crippen molar-refractivity contribution in [3.8, 4) is 0 Å². The Labute approximate surface area is 155 Å². The summed E-state index contributed by atoms with van der Waals surface area (Å²) in [6.07, 6.45) is -7.25. The fourth-order valence-electron chi connectivity index (χ4n) is 4.10. The SMILES string of the molecule is COC(=O)C1=CO[C@@H](O[C@H]2O[C@H](CO)[C@@H](O)[C@H](O)[C@H]2O)[C@@H]2[C@H](C)[C@@H](O)C[C@@H]12. The summed E-state index contributed by atoms with van der Waals surface area (Å²) >= 11 is 0. The van der Waals surface area contributed by atoms with Gasteiger partial charge in [0, 0.05) is 11.8 Å². The van der Waals surface area contributed by atoms with Gasteiger partial charge in [0.2, 0.25) is 6.29 Å². The second-order valence-corrected chi connectivity index (χ2v) is 7.25. The molecule has 5 N–H and O–H groups in total. The van der Waals surface area contributed by atoms with Gasteiger partial charge in [-0.05, 0) is 12.3 Å². The molecule has 10 atom stereocenters. The zero-order valence-corrected chi connectivity index (χ0v) is 15.0. The quantitative estimate of drug-likeness (QED) is 0.336. The van der Waals surface area contributed by atoms with Crippen LogP contribution in [0.5, 0.6) is 0 Å². The first-order valence-electron chi connectivity index (χ1n) is 8.88. The molecule has 1 aliphatic carbocycles. The summed E-state index contributed by atoms with van der Waals surface area (Å²) in [6.45, 7) is 1.21. The Morgan fingerprint density at radius 1 is 1.19 bits per heavy atom. The third-order valence-electron chi connectivity index (χ3n) is 5.75. The molecule has 27 heavy (non-hydrogen) atoms. The predicted octanol–water partition coefficient (Wildman–Crippen LogP) is -2.15. The van der Waals surface area contributed by atoms with Gasteiger partial charge < -0.3 is 44.5 Å². The second kappa shape index (κ2) is 8.00. The normalized spacial score (nSPS) is 47.0. The van der Waals surface area contributed by atoms with Crippen molar-refractivity contribution in [3.05, 3.63) is 11.8 Å². The number of aliphatic hydroxyl groups is 5. The number of carbonyl (C=O) groups excluding carboxylic acids is 1. The number of hydrogen-bond acceptors (Lipinski definition) is 10. The first kappa shape index (κ1) is 20.5. The highest BCUT2D eigenvalue weighted by molar-refractivity contribution is 5.89. The highest BCUT2D eigenvalue weighted by Crippen LogP contribution is 2.47. The van der Waals surface area contributed by atoms with Crippen molar-refractivity contribution < 1.29 is 49.3 Å². The Kier molecular flexibility index (Phi) is 6.06. The maximum absolute atomic E-state index is 12.0. The van der Waals surface area contributed by atoms with Gasteiger partial charge in [0.05, 0.1) is 31.7 Å². The van der Waals surface area contributed by atoms with Crippen molar-refractivity contribution in [2.75, 3.05) is 13.7 Å². The van der Waals surface area contributed by atoms with Crippen LogP contribution in [-0.4, -0.2) is 88.3 Å². The minimum absolute atomic E-state index is 0.279. The molecule has 2 fully saturated rings. The molecule has 0 aromatic carbocycles. The molecule has 3 aliphatic rings. The van der Waals surface area contributed by atoms with Crippen LogP contribution in [0.15, 0.2) is 11.8 Å². The maximum atomic E-state index is 12.0. The van der Waals surface area contributed by atoms with Crippen LogP contribution < -0.4 is 0 Å². The van der Waals surface area contributed by atoms with Crippen LogP contribution in [0.3, 0.4) is 0 Å². The highest BCUT2D eigenvalue weighted by Gasteiger charge is 2.53. The number of methoxy groups -OCH3 is 1. The van der Waals surface area contributed by atoms with Gasteiger partial charge in [-0.1, -0.05) is 6.92 Å². The molecule has 0 unspecified atom stereocenters. The summed E-state index contributed by atoms with van der Waals surface area (Å²) in [4.78, 5) is 12.0. The van der Waals surface area contributed by atoms with E-state index in [1.54, 1.807) is 6.92 Å².